The summed E-state index contributed by atoms with van der Waals surface area (Å²) in [5, 5.41) is 6.20. The lowest BCUT2D eigenvalue weighted by atomic mass is 10.0. The number of piperidine rings is 1. The molecule has 0 aliphatic carbocycles. The molecule has 5 rings (SSSR count). The fraction of sp³-hybridized carbons (Fsp3) is 0.571. The van der Waals surface area contributed by atoms with Gasteiger partial charge in [0, 0.05) is 102 Å². The lowest BCUT2D eigenvalue weighted by molar-refractivity contribution is 0.0383. The van der Waals surface area contributed by atoms with Crippen molar-refractivity contribution in [1.82, 2.24) is 34.9 Å². The van der Waals surface area contributed by atoms with Crippen LogP contribution in [0, 0.1) is 0 Å². The molecule has 0 radical (unpaired) electrons. The summed E-state index contributed by atoms with van der Waals surface area (Å²) in [7, 11) is 1.80. The average molecular weight is 553 g/mol. The second kappa shape index (κ2) is 13.1. The Bertz CT molecular complexity index is 1150. The SMILES string of the molecule is Cn1ccnc1C(=O)N1CCN(C(=O)NC2CCN(c3ccc(C(=O)NCCN4CCOCC4)cc3)CC2)CC1. The fourth-order valence-electron chi connectivity index (χ4n) is 5.45. The highest BCUT2D eigenvalue weighted by Gasteiger charge is 2.28. The average Bonchev–Trinajstić information content (AvgIpc) is 3.43. The third-order valence-electron chi connectivity index (χ3n) is 8.00. The number of amides is 4. The summed E-state index contributed by atoms with van der Waals surface area (Å²) >= 11 is 0. The van der Waals surface area contributed by atoms with Crippen LogP contribution in [0.15, 0.2) is 36.7 Å². The Kier molecular flexibility index (Phi) is 9.17. The minimum Gasteiger partial charge on any atom is -0.379 e. The van der Waals surface area contributed by atoms with E-state index in [4.69, 9.17) is 4.74 Å². The number of morpholine rings is 1. The van der Waals surface area contributed by atoms with E-state index in [-0.39, 0.29) is 23.9 Å². The Morgan fingerprint density at radius 2 is 1.60 bits per heavy atom. The number of piperazine rings is 1. The molecule has 4 heterocycles. The maximum atomic E-state index is 12.9. The number of hydrogen-bond donors (Lipinski definition) is 2. The van der Waals surface area contributed by atoms with Gasteiger partial charge in [-0.1, -0.05) is 0 Å². The van der Waals surface area contributed by atoms with Crippen molar-refractivity contribution in [2.24, 2.45) is 7.05 Å². The molecular formula is C28H40N8O4. The summed E-state index contributed by atoms with van der Waals surface area (Å²) in [5.74, 6) is 0.266. The number of ether oxygens (including phenoxy) is 1. The van der Waals surface area contributed by atoms with E-state index in [2.05, 4.69) is 25.4 Å². The largest absolute Gasteiger partial charge is 0.379 e. The van der Waals surface area contributed by atoms with Gasteiger partial charge in [-0.2, -0.15) is 0 Å². The van der Waals surface area contributed by atoms with E-state index in [0.29, 0.717) is 44.1 Å². The van der Waals surface area contributed by atoms with Crippen LogP contribution >= 0.6 is 0 Å². The van der Waals surface area contributed by atoms with Crippen molar-refractivity contribution in [3.05, 3.63) is 48.0 Å². The summed E-state index contributed by atoms with van der Waals surface area (Å²) in [6.45, 7) is 8.49. The third-order valence-corrected chi connectivity index (χ3v) is 8.00. The van der Waals surface area contributed by atoms with Crippen LogP contribution in [-0.4, -0.2) is 127 Å². The summed E-state index contributed by atoms with van der Waals surface area (Å²) in [6, 6.07) is 7.82. The number of carbonyl (C=O) groups excluding carboxylic acids is 3. The quantitative estimate of drug-likeness (QED) is 0.518. The monoisotopic (exact) mass is 552 g/mol. The number of imidazole rings is 1. The highest BCUT2D eigenvalue weighted by Crippen LogP contribution is 2.21. The van der Waals surface area contributed by atoms with Gasteiger partial charge in [0.2, 0.25) is 0 Å². The molecule has 216 valence electrons. The van der Waals surface area contributed by atoms with Crippen LogP contribution in [0.25, 0.3) is 0 Å². The number of rotatable bonds is 7. The molecular weight excluding hydrogens is 512 g/mol. The van der Waals surface area contributed by atoms with Crippen molar-refractivity contribution in [2.75, 3.05) is 83.6 Å². The van der Waals surface area contributed by atoms with E-state index < -0.39 is 0 Å². The number of aryl methyl sites for hydroxylation is 1. The molecule has 1 aromatic carbocycles. The predicted octanol–water partition coefficient (Wildman–Crippen LogP) is 0.619. The molecule has 12 nitrogen and oxygen atoms in total. The molecule has 40 heavy (non-hydrogen) atoms. The van der Waals surface area contributed by atoms with Crippen molar-refractivity contribution in [1.29, 1.82) is 0 Å². The summed E-state index contributed by atoms with van der Waals surface area (Å²) < 4.78 is 7.08. The first-order valence-electron chi connectivity index (χ1n) is 14.2. The summed E-state index contributed by atoms with van der Waals surface area (Å²) in [5.41, 5.74) is 1.75. The molecule has 0 unspecified atom stereocenters. The number of aromatic nitrogens is 2. The third kappa shape index (κ3) is 6.92. The lowest BCUT2D eigenvalue weighted by Gasteiger charge is -2.37. The molecule has 2 N–H and O–H groups in total. The lowest BCUT2D eigenvalue weighted by Crippen LogP contribution is -2.55. The van der Waals surface area contributed by atoms with Crippen LogP contribution in [0.3, 0.4) is 0 Å². The molecule has 0 atom stereocenters. The molecule has 3 saturated heterocycles. The number of carbonyl (C=O) groups is 3. The van der Waals surface area contributed by atoms with Crippen LogP contribution in [0.1, 0.15) is 33.8 Å². The molecule has 12 heteroatoms. The van der Waals surface area contributed by atoms with Crippen LogP contribution in [0.2, 0.25) is 0 Å². The van der Waals surface area contributed by atoms with E-state index >= 15 is 0 Å². The van der Waals surface area contributed by atoms with E-state index in [1.807, 2.05) is 24.3 Å². The first-order chi connectivity index (χ1) is 19.5. The second-order valence-electron chi connectivity index (χ2n) is 10.6. The van der Waals surface area contributed by atoms with Gasteiger partial charge in [0.25, 0.3) is 11.8 Å². The predicted molar refractivity (Wildman–Crippen MR) is 150 cm³/mol. The molecule has 3 aliphatic heterocycles. The smallest absolute Gasteiger partial charge is 0.317 e. The van der Waals surface area contributed by atoms with E-state index in [9.17, 15) is 14.4 Å². The van der Waals surface area contributed by atoms with Gasteiger partial charge < -0.3 is 34.6 Å². The van der Waals surface area contributed by atoms with Gasteiger partial charge in [0.05, 0.1) is 13.2 Å². The zero-order chi connectivity index (χ0) is 27.9. The van der Waals surface area contributed by atoms with Gasteiger partial charge >= 0.3 is 6.03 Å². The number of urea groups is 1. The maximum absolute atomic E-state index is 12.9. The molecule has 4 amide bonds. The Morgan fingerprint density at radius 1 is 0.925 bits per heavy atom. The fourth-order valence-corrected chi connectivity index (χ4v) is 5.45. The van der Waals surface area contributed by atoms with Gasteiger partial charge in [0.15, 0.2) is 5.82 Å². The van der Waals surface area contributed by atoms with Gasteiger partial charge in [-0.05, 0) is 37.1 Å². The van der Waals surface area contributed by atoms with E-state index in [0.717, 1.165) is 64.5 Å². The van der Waals surface area contributed by atoms with Gasteiger partial charge in [0.1, 0.15) is 0 Å². The van der Waals surface area contributed by atoms with Crippen LogP contribution in [0.5, 0.6) is 0 Å². The number of nitrogens with one attached hydrogen (secondary N) is 2. The molecule has 3 fully saturated rings. The minimum absolute atomic E-state index is 0.0527. The first-order valence-corrected chi connectivity index (χ1v) is 14.2. The van der Waals surface area contributed by atoms with Gasteiger partial charge in [-0.25, -0.2) is 9.78 Å². The maximum Gasteiger partial charge on any atom is 0.317 e. The number of nitrogens with zero attached hydrogens (tertiary/aromatic N) is 6. The van der Waals surface area contributed by atoms with Crippen LogP contribution in [0.4, 0.5) is 10.5 Å². The Labute approximate surface area is 235 Å². The van der Waals surface area contributed by atoms with Crippen molar-refractivity contribution in [2.45, 2.75) is 18.9 Å². The van der Waals surface area contributed by atoms with Gasteiger partial charge in [-0.15, -0.1) is 0 Å². The molecule has 0 bridgehead atoms. The Balaban J connectivity index is 1.01. The molecule has 0 saturated carbocycles. The minimum atomic E-state index is -0.0997. The normalized spacial score (nSPS) is 19.0. The van der Waals surface area contributed by atoms with Crippen molar-refractivity contribution >= 4 is 23.5 Å². The second-order valence-corrected chi connectivity index (χ2v) is 10.6. The van der Waals surface area contributed by atoms with Crippen molar-refractivity contribution in [3.63, 3.8) is 0 Å². The highest BCUT2D eigenvalue weighted by atomic mass is 16.5. The van der Waals surface area contributed by atoms with E-state index in [1.54, 1.807) is 33.8 Å². The first kappa shape index (κ1) is 27.9. The van der Waals surface area contributed by atoms with Crippen LogP contribution < -0.4 is 15.5 Å². The Morgan fingerprint density at radius 3 is 2.25 bits per heavy atom. The number of anilines is 1. The zero-order valence-electron chi connectivity index (χ0n) is 23.3. The van der Waals surface area contributed by atoms with Crippen LogP contribution in [-0.2, 0) is 11.8 Å². The summed E-state index contributed by atoms with van der Waals surface area (Å²) in [6.07, 6.45) is 5.08. The zero-order valence-corrected chi connectivity index (χ0v) is 23.3. The van der Waals surface area contributed by atoms with Gasteiger partial charge in [-0.3, -0.25) is 14.5 Å². The number of benzene rings is 1. The van der Waals surface area contributed by atoms with E-state index in [1.165, 1.54) is 0 Å². The van der Waals surface area contributed by atoms with Crippen molar-refractivity contribution < 1.29 is 19.1 Å². The standard InChI is InChI=1S/C28H40N8O4/c1-32-12-8-29-25(32)27(38)35-14-16-36(17-15-35)28(39)31-23-6-10-34(11-7-23)24-4-2-22(3-5-24)26(37)30-9-13-33-18-20-40-21-19-33/h2-5,8,12,23H,6-7,9-11,13-21H2,1H3,(H,30,37)(H,31,39). The topological polar surface area (TPSA) is 115 Å². The molecule has 0 spiro atoms. The Hall–Kier alpha value is -3.64. The molecule has 1 aromatic heterocycles. The highest BCUT2D eigenvalue weighted by molar-refractivity contribution is 5.94. The number of hydrogen-bond acceptors (Lipinski definition) is 7. The molecule has 3 aliphatic rings. The summed E-state index contributed by atoms with van der Waals surface area (Å²) in [4.78, 5) is 50.4. The molecule has 2 aromatic rings. The van der Waals surface area contributed by atoms with Crippen molar-refractivity contribution in [3.8, 4) is 0 Å².